The Balaban J connectivity index is 1.71. The SMILES string of the molecule is CCn1nc(C[C@@H](C)COC(=O)c2cccc(S(=O)(=O)CC)c2)c2c1C(=O)NCCCOCCC2. The van der Waals surface area contributed by atoms with Crippen LogP contribution in [-0.4, -0.2) is 62.2 Å². The number of carbonyl (C=O) groups excluding carboxylic acids is 2. The maximum atomic E-state index is 12.9. The van der Waals surface area contributed by atoms with E-state index in [1.165, 1.54) is 12.1 Å². The molecule has 0 bridgehead atoms. The van der Waals surface area contributed by atoms with Gasteiger partial charge < -0.3 is 14.8 Å². The van der Waals surface area contributed by atoms with Gasteiger partial charge in [0.25, 0.3) is 5.91 Å². The van der Waals surface area contributed by atoms with Crippen LogP contribution in [0.1, 0.15) is 65.7 Å². The second kappa shape index (κ2) is 12.3. The number of nitrogens with one attached hydrogen (secondary N) is 1. The monoisotopic (exact) mass is 505 g/mol. The van der Waals surface area contributed by atoms with Crippen LogP contribution < -0.4 is 5.32 Å². The van der Waals surface area contributed by atoms with E-state index in [1.807, 2.05) is 13.8 Å². The predicted octanol–water partition coefficient (Wildman–Crippen LogP) is 2.81. The van der Waals surface area contributed by atoms with E-state index in [1.54, 1.807) is 23.7 Å². The number of nitrogens with zero attached hydrogens (tertiary/aromatic N) is 2. The molecular weight excluding hydrogens is 470 g/mol. The summed E-state index contributed by atoms with van der Waals surface area (Å²) >= 11 is 0. The summed E-state index contributed by atoms with van der Waals surface area (Å²) in [5, 5.41) is 7.67. The zero-order chi connectivity index (χ0) is 25.4. The van der Waals surface area contributed by atoms with Gasteiger partial charge in [0, 0.05) is 31.9 Å². The average molecular weight is 506 g/mol. The number of fused-ring (bicyclic) bond motifs is 1. The maximum absolute atomic E-state index is 12.9. The fourth-order valence-corrected chi connectivity index (χ4v) is 4.97. The molecule has 2 heterocycles. The molecule has 1 aliphatic heterocycles. The maximum Gasteiger partial charge on any atom is 0.338 e. The van der Waals surface area contributed by atoms with Crippen LogP contribution in [0.5, 0.6) is 0 Å². The summed E-state index contributed by atoms with van der Waals surface area (Å²) in [6, 6.07) is 5.91. The summed E-state index contributed by atoms with van der Waals surface area (Å²) in [6.07, 6.45) is 2.79. The molecular formula is C25H35N3O6S. The molecule has 0 spiro atoms. The van der Waals surface area contributed by atoms with Gasteiger partial charge in [-0.25, -0.2) is 13.2 Å². The van der Waals surface area contributed by atoms with Crippen LogP contribution in [0, 0.1) is 5.92 Å². The van der Waals surface area contributed by atoms with Crippen molar-refractivity contribution in [2.45, 2.75) is 57.9 Å². The Morgan fingerprint density at radius 1 is 1.26 bits per heavy atom. The highest BCUT2D eigenvalue weighted by molar-refractivity contribution is 7.91. The van der Waals surface area contributed by atoms with Crippen LogP contribution in [0.2, 0.25) is 0 Å². The predicted molar refractivity (Wildman–Crippen MR) is 131 cm³/mol. The van der Waals surface area contributed by atoms with Crippen molar-refractivity contribution in [2.75, 3.05) is 32.1 Å². The number of amides is 1. The molecule has 192 valence electrons. The first-order valence-electron chi connectivity index (χ1n) is 12.2. The van der Waals surface area contributed by atoms with Crippen LogP contribution in [0.4, 0.5) is 0 Å². The molecule has 10 heteroatoms. The zero-order valence-corrected chi connectivity index (χ0v) is 21.5. The minimum absolute atomic E-state index is 0.0403. The van der Waals surface area contributed by atoms with Crippen molar-refractivity contribution in [3.63, 3.8) is 0 Å². The number of carbonyl (C=O) groups is 2. The largest absolute Gasteiger partial charge is 0.462 e. The minimum atomic E-state index is -3.41. The number of aryl methyl sites for hydroxylation is 1. The quantitative estimate of drug-likeness (QED) is 0.548. The van der Waals surface area contributed by atoms with Crippen molar-refractivity contribution in [3.05, 3.63) is 46.8 Å². The molecule has 2 aromatic rings. The standard InChI is InChI=1S/C25H35N3O6S/c1-4-28-23-21(11-7-13-33-14-8-12-26-24(23)29)22(27-28)15-18(3)17-34-25(30)19-9-6-10-20(16-19)35(31,32)5-2/h6,9-10,16,18H,4-5,7-8,11-15,17H2,1-3H3,(H,26,29)/t18-/m1/s1. The van der Waals surface area contributed by atoms with Crippen molar-refractivity contribution in [3.8, 4) is 0 Å². The summed E-state index contributed by atoms with van der Waals surface area (Å²) in [6.45, 7) is 8.00. The second-order valence-corrected chi connectivity index (χ2v) is 11.0. The highest BCUT2D eigenvalue weighted by Gasteiger charge is 2.24. The molecule has 35 heavy (non-hydrogen) atoms. The van der Waals surface area contributed by atoms with Gasteiger partial charge in [0.1, 0.15) is 5.69 Å². The lowest BCUT2D eigenvalue weighted by molar-refractivity contribution is 0.0448. The lowest BCUT2D eigenvalue weighted by Gasteiger charge is -2.13. The van der Waals surface area contributed by atoms with Gasteiger partial charge in [-0.05, 0) is 56.7 Å². The number of sulfone groups is 1. The summed E-state index contributed by atoms with van der Waals surface area (Å²) in [5.41, 5.74) is 2.55. The Labute approximate surface area is 207 Å². The van der Waals surface area contributed by atoms with Crippen LogP contribution in [-0.2, 0) is 38.7 Å². The van der Waals surface area contributed by atoms with Gasteiger partial charge in [-0.15, -0.1) is 0 Å². The van der Waals surface area contributed by atoms with E-state index in [9.17, 15) is 18.0 Å². The van der Waals surface area contributed by atoms with Crippen molar-refractivity contribution in [1.82, 2.24) is 15.1 Å². The summed E-state index contributed by atoms with van der Waals surface area (Å²) in [5.74, 6) is -0.784. The van der Waals surface area contributed by atoms with Crippen molar-refractivity contribution in [2.24, 2.45) is 5.92 Å². The highest BCUT2D eigenvalue weighted by atomic mass is 32.2. The van der Waals surface area contributed by atoms with E-state index < -0.39 is 15.8 Å². The molecule has 0 fully saturated rings. The number of ether oxygens (including phenoxy) is 2. The molecule has 9 nitrogen and oxygen atoms in total. The van der Waals surface area contributed by atoms with Crippen LogP contribution >= 0.6 is 0 Å². The van der Waals surface area contributed by atoms with Gasteiger partial charge in [-0.1, -0.05) is 19.9 Å². The first kappa shape index (κ1) is 26.9. The normalized spacial score (nSPS) is 16.0. The van der Waals surface area contributed by atoms with Gasteiger partial charge in [0.15, 0.2) is 9.84 Å². The highest BCUT2D eigenvalue weighted by Crippen LogP contribution is 2.22. The number of benzene rings is 1. The Morgan fingerprint density at radius 3 is 2.77 bits per heavy atom. The van der Waals surface area contributed by atoms with E-state index >= 15 is 0 Å². The van der Waals surface area contributed by atoms with Crippen LogP contribution in [0.3, 0.4) is 0 Å². The molecule has 0 saturated carbocycles. The fourth-order valence-electron chi connectivity index (χ4n) is 4.04. The van der Waals surface area contributed by atoms with Gasteiger partial charge in [-0.2, -0.15) is 5.10 Å². The molecule has 1 aromatic heterocycles. The Bertz CT molecular complexity index is 1140. The smallest absolute Gasteiger partial charge is 0.338 e. The van der Waals surface area contributed by atoms with Crippen LogP contribution in [0.25, 0.3) is 0 Å². The number of esters is 1. The summed E-state index contributed by atoms with van der Waals surface area (Å²) < 4.78 is 37.1. The van der Waals surface area contributed by atoms with E-state index in [4.69, 9.17) is 14.6 Å². The van der Waals surface area contributed by atoms with Gasteiger partial charge in [0.2, 0.25) is 0 Å². The topological polar surface area (TPSA) is 117 Å². The van der Waals surface area contributed by atoms with Crippen LogP contribution in [0.15, 0.2) is 29.2 Å². The molecule has 1 N–H and O–H groups in total. The third-order valence-electron chi connectivity index (χ3n) is 5.96. The first-order chi connectivity index (χ1) is 16.8. The Morgan fingerprint density at radius 2 is 2.03 bits per heavy atom. The molecule has 1 amide bonds. The van der Waals surface area contributed by atoms with Crippen molar-refractivity contribution < 1.29 is 27.5 Å². The fraction of sp³-hybridized carbons (Fsp3) is 0.560. The summed E-state index contributed by atoms with van der Waals surface area (Å²) in [4.78, 5) is 25.6. The van der Waals surface area contributed by atoms with E-state index in [0.29, 0.717) is 44.8 Å². The lowest BCUT2D eigenvalue weighted by Crippen LogP contribution is -2.28. The zero-order valence-electron chi connectivity index (χ0n) is 20.7. The minimum Gasteiger partial charge on any atom is -0.462 e. The van der Waals surface area contributed by atoms with Crippen molar-refractivity contribution in [1.29, 1.82) is 0 Å². The summed E-state index contributed by atoms with van der Waals surface area (Å²) in [7, 11) is -3.41. The Hall–Kier alpha value is -2.72. The average Bonchev–Trinajstić information content (AvgIpc) is 3.18. The second-order valence-electron chi connectivity index (χ2n) is 8.75. The Kier molecular flexibility index (Phi) is 9.45. The number of hydrogen-bond donors (Lipinski definition) is 1. The number of hydrogen-bond acceptors (Lipinski definition) is 7. The van der Waals surface area contributed by atoms with Gasteiger partial charge in [-0.3, -0.25) is 9.48 Å². The molecule has 1 aliphatic rings. The molecule has 0 radical (unpaired) electrons. The van der Waals surface area contributed by atoms with E-state index in [0.717, 1.165) is 24.1 Å². The molecule has 0 aliphatic carbocycles. The molecule has 1 atom stereocenters. The van der Waals surface area contributed by atoms with E-state index in [-0.39, 0.29) is 34.6 Å². The number of rotatable bonds is 8. The number of aromatic nitrogens is 2. The molecule has 0 unspecified atom stereocenters. The van der Waals surface area contributed by atoms with Gasteiger partial charge in [0.05, 0.1) is 28.5 Å². The lowest BCUT2D eigenvalue weighted by atomic mass is 9.99. The third-order valence-corrected chi connectivity index (χ3v) is 7.70. The molecule has 3 rings (SSSR count). The van der Waals surface area contributed by atoms with Crippen molar-refractivity contribution >= 4 is 21.7 Å². The van der Waals surface area contributed by atoms with Gasteiger partial charge >= 0.3 is 5.97 Å². The molecule has 0 saturated heterocycles. The molecule has 1 aromatic carbocycles. The first-order valence-corrected chi connectivity index (χ1v) is 13.9. The third kappa shape index (κ3) is 6.91. The van der Waals surface area contributed by atoms with E-state index in [2.05, 4.69) is 5.32 Å².